The minimum atomic E-state index is 0.798. The molecule has 0 aromatic carbocycles. The number of rotatable bonds is 9. The number of hydrogen-bond donors (Lipinski definition) is 0. The molecule has 0 amide bonds. The number of unbranched alkanes of at least 4 members (excludes halogenated alkanes) is 6. The molecule has 0 aromatic rings. The van der Waals surface area contributed by atoms with E-state index in [0.29, 0.717) is 0 Å². The van der Waals surface area contributed by atoms with Crippen molar-refractivity contribution in [1.29, 1.82) is 0 Å². The van der Waals surface area contributed by atoms with E-state index in [1.807, 2.05) is 0 Å². The summed E-state index contributed by atoms with van der Waals surface area (Å²) in [6.45, 7) is 6.94. The Morgan fingerprint density at radius 2 is 1.76 bits per heavy atom. The van der Waals surface area contributed by atoms with E-state index in [1.165, 1.54) is 57.8 Å². The van der Waals surface area contributed by atoms with Gasteiger partial charge in [0.15, 0.2) is 0 Å². The smallest absolute Gasteiger partial charge is 0.0125 e. The quantitative estimate of drug-likeness (QED) is 0.250. The second-order valence-corrected chi connectivity index (χ2v) is 6.82. The Morgan fingerprint density at radius 3 is 2.52 bits per heavy atom. The predicted octanol–water partition coefficient (Wildman–Crippen LogP) is 6.76. The maximum atomic E-state index is 3.46. The molecule has 120 valence electrons. The minimum Gasteiger partial charge on any atom is -0.103 e. The van der Waals surface area contributed by atoms with Crippen molar-refractivity contribution in [3.8, 4) is 11.8 Å². The topological polar surface area (TPSA) is 0 Å². The molecule has 0 aliphatic heterocycles. The van der Waals surface area contributed by atoms with Crippen molar-refractivity contribution < 1.29 is 0 Å². The molecule has 0 heteroatoms. The van der Waals surface area contributed by atoms with E-state index in [-0.39, 0.29) is 0 Å². The summed E-state index contributed by atoms with van der Waals surface area (Å²) in [5.74, 6) is 9.30. The summed E-state index contributed by atoms with van der Waals surface area (Å²) in [6.07, 6.45) is 19.3. The van der Waals surface area contributed by atoms with E-state index in [4.69, 9.17) is 0 Å². The van der Waals surface area contributed by atoms with Crippen molar-refractivity contribution in [3.63, 3.8) is 0 Å². The van der Waals surface area contributed by atoms with Gasteiger partial charge in [-0.25, -0.2) is 0 Å². The largest absolute Gasteiger partial charge is 0.103 e. The van der Waals surface area contributed by atoms with E-state index >= 15 is 0 Å². The van der Waals surface area contributed by atoms with E-state index in [0.717, 1.165) is 30.6 Å². The van der Waals surface area contributed by atoms with Crippen LogP contribution in [0.4, 0.5) is 0 Å². The molecule has 1 unspecified atom stereocenters. The van der Waals surface area contributed by atoms with Gasteiger partial charge < -0.3 is 0 Å². The molecule has 3 atom stereocenters. The van der Waals surface area contributed by atoms with Crippen LogP contribution in [-0.2, 0) is 0 Å². The Kier molecular flexibility index (Phi) is 10.4. The van der Waals surface area contributed by atoms with E-state index in [1.54, 1.807) is 0 Å². The Bertz CT molecular complexity index is 328. The lowest BCUT2D eigenvalue weighted by Gasteiger charge is -2.17. The van der Waals surface area contributed by atoms with Crippen LogP contribution in [0.2, 0.25) is 0 Å². The van der Waals surface area contributed by atoms with Gasteiger partial charge in [-0.1, -0.05) is 58.6 Å². The van der Waals surface area contributed by atoms with Gasteiger partial charge in [0.1, 0.15) is 0 Å². The summed E-state index contributed by atoms with van der Waals surface area (Å²) in [4.78, 5) is 0. The Morgan fingerprint density at radius 1 is 0.952 bits per heavy atom. The maximum Gasteiger partial charge on any atom is 0.0125 e. The highest BCUT2D eigenvalue weighted by atomic mass is 14.3. The highest BCUT2D eigenvalue weighted by molar-refractivity contribution is 5.05. The van der Waals surface area contributed by atoms with Crippen LogP contribution in [0.25, 0.3) is 0 Å². The highest BCUT2D eigenvalue weighted by Gasteiger charge is 2.30. The normalized spacial score (nSPS) is 25.2. The molecule has 0 nitrogen and oxygen atoms in total. The van der Waals surface area contributed by atoms with Crippen LogP contribution >= 0.6 is 0 Å². The molecule has 0 bridgehead atoms. The second-order valence-electron chi connectivity index (χ2n) is 6.82. The lowest BCUT2D eigenvalue weighted by molar-refractivity contribution is 0.378. The Labute approximate surface area is 133 Å². The average molecular weight is 289 g/mol. The Hall–Kier alpha value is -0.700. The molecule has 0 radical (unpaired) electrons. The first-order valence-corrected chi connectivity index (χ1v) is 9.41. The minimum absolute atomic E-state index is 0.798. The van der Waals surface area contributed by atoms with Gasteiger partial charge in [-0.15, -0.1) is 11.8 Å². The van der Waals surface area contributed by atoms with Crippen LogP contribution in [0.3, 0.4) is 0 Å². The van der Waals surface area contributed by atoms with Crippen LogP contribution < -0.4 is 0 Å². The Balaban J connectivity index is 2.30. The van der Waals surface area contributed by atoms with Crippen molar-refractivity contribution in [2.75, 3.05) is 0 Å². The fourth-order valence-electron chi connectivity index (χ4n) is 3.40. The standard InChI is InChI=1S/C21H36/c1-4-6-8-10-12-13-15-20-18-17-19(3)21(20)16-14-11-9-7-5-2/h13,15,19-21H,4-10,12,16-18H2,1-3H3/b15-13+/t19-,20?,21-/m0/s1. The zero-order valence-electron chi connectivity index (χ0n) is 14.7. The van der Waals surface area contributed by atoms with Gasteiger partial charge in [-0.3, -0.25) is 0 Å². The fraction of sp³-hybridized carbons (Fsp3) is 0.810. The molecule has 1 saturated carbocycles. The van der Waals surface area contributed by atoms with Crippen molar-refractivity contribution in [2.45, 2.75) is 91.4 Å². The third kappa shape index (κ3) is 7.75. The van der Waals surface area contributed by atoms with Gasteiger partial charge in [0, 0.05) is 12.8 Å². The molecule has 0 aromatic heterocycles. The molecule has 1 aliphatic carbocycles. The molecular formula is C21H36. The molecule has 0 heterocycles. The molecule has 0 N–H and O–H groups in total. The van der Waals surface area contributed by atoms with Gasteiger partial charge in [-0.05, 0) is 49.9 Å². The second kappa shape index (κ2) is 11.9. The highest BCUT2D eigenvalue weighted by Crippen LogP contribution is 2.39. The van der Waals surface area contributed by atoms with E-state index in [9.17, 15) is 0 Å². The van der Waals surface area contributed by atoms with Gasteiger partial charge in [0.25, 0.3) is 0 Å². The van der Waals surface area contributed by atoms with E-state index in [2.05, 4.69) is 44.8 Å². The summed E-state index contributed by atoms with van der Waals surface area (Å²) < 4.78 is 0. The predicted molar refractivity (Wildman–Crippen MR) is 95.2 cm³/mol. The summed E-state index contributed by atoms with van der Waals surface area (Å²) in [6, 6.07) is 0. The maximum absolute atomic E-state index is 3.46. The van der Waals surface area contributed by atoms with Crippen LogP contribution in [0.1, 0.15) is 91.4 Å². The number of hydrogen-bond acceptors (Lipinski definition) is 0. The molecular weight excluding hydrogens is 252 g/mol. The molecule has 1 rings (SSSR count). The van der Waals surface area contributed by atoms with Crippen molar-refractivity contribution >= 4 is 0 Å². The van der Waals surface area contributed by atoms with E-state index < -0.39 is 0 Å². The van der Waals surface area contributed by atoms with Gasteiger partial charge in [0.2, 0.25) is 0 Å². The lowest BCUT2D eigenvalue weighted by Crippen LogP contribution is -2.10. The summed E-state index contributed by atoms with van der Waals surface area (Å²) >= 11 is 0. The SMILES string of the molecule is CCCCC#CC[C@@H]1C(/C=C/CCCCCC)CC[C@@H]1C. The molecule has 0 saturated heterocycles. The molecule has 0 spiro atoms. The fourth-order valence-corrected chi connectivity index (χ4v) is 3.40. The third-order valence-corrected chi connectivity index (χ3v) is 4.96. The van der Waals surface area contributed by atoms with Crippen LogP contribution in [0.5, 0.6) is 0 Å². The van der Waals surface area contributed by atoms with Crippen molar-refractivity contribution in [2.24, 2.45) is 17.8 Å². The van der Waals surface area contributed by atoms with Crippen LogP contribution in [-0.4, -0.2) is 0 Å². The van der Waals surface area contributed by atoms with Crippen LogP contribution in [0.15, 0.2) is 12.2 Å². The first kappa shape index (κ1) is 18.3. The first-order chi connectivity index (χ1) is 10.3. The lowest BCUT2D eigenvalue weighted by atomic mass is 9.87. The zero-order chi connectivity index (χ0) is 15.3. The third-order valence-electron chi connectivity index (χ3n) is 4.96. The summed E-state index contributed by atoms with van der Waals surface area (Å²) in [5, 5.41) is 0. The van der Waals surface area contributed by atoms with Crippen LogP contribution in [0, 0.1) is 29.6 Å². The van der Waals surface area contributed by atoms with Gasteiger partial charge in [0.05, 0.1) is 0 Å². The molecule has 1 fully saturated rings. The van der Waals surface area contributed by atoms with Gasteiger partial charge >= 0.3 is 0 Å². The summed E-state index contributed by atoms with van der Waals surface area (Å²) in [5.41, 5.74) is 0. The monoisotopic (exact) mass is 288 g/mol. The number of allylic oxidation sites excluding steroid dienone is 2. The first-order valence-electron chi connectivity index (χ1n) is 9.41. The summed E-state index contributed by atoms with van der Waals surface area (Å²) in [7, 11) is 0. The van der Waals surface area contributed by atoms with Crippen molar-refractivity contribution in [3.05, 3.63) is 12.2 Å². The zero-order valence-corrected chi connectivity index (χ0v) is 14.7. The molecule has 21 heavy (non-hydrogen) atoms. The van der Waals surface area contributed by atoms with Gasteiger partial charge in [-0.2, -0.15) is 0 Å². The van der Waals surface area contributed by atoms with Crippen molar-refractivity contribution in [1.82, 2.24) is 0 Å². The average Bonchev–Trinajstić information content (AvgIpc) is 2.83. The molecule has 1 aliphatic rings.